The summed E-state index contributed by atoms with van der Waals surface area (Å²) in [6, 6.07) is 7.56. The predicted molar refractivity (Wildman–Crippen MR) is 54.1 cm³/mol. The van der Waals surface area contributed by atoms with Crippen LogP contribution in [0, 0.1) is 5.82 Å². The fraction of sp³-hybridized carbons (Fsp3) is 0.0909. The van der Waals surface area contributed by atoms with Crippen molar-refractivity contribution >= 4 is 0 Å². The fourth-order valence-corrected chi connectivity index (χ4v) is 1.34. The normalized spacial score (nSPS) is 10.2. The maximum Gasteiger partial charge on any atom is 0.250 e. The molecule has 0 unspecified atom stereocenters. The van der Waals surface area contributed by atoms with Gasteiger partial charge in [-0.15, -0.1) is 0 Å². The van der Waals surface area contributed by atoms with Crippen LogP contribution in [0.3, 0.4) is 0 Å². The zero-order chi connectivity index (χ0) is 10.7. The van der Waals surface area contributed by atoms with Gasteiger partial charge in [0.05, 0.1) is 0 Å². The van der Waals surface area contributed by atoms with E-state index in [0.717, 1.165) is 5.56 Å². The lowest BCUT2D eigenvalue weighted by molar-refractivity contribution is 0.625. The number of hydrogen-bond acceptors (Lipinski definition) is 2. The summed E-state index contributed by atoms with van der Waals surface area (Å²) in [4.78, 5) is 17.6. The number of hydrogen-bond donors (Lipinski definition) is 1. The lowest BCUT2D eigenvalue weighted by Gasteiger charge is -2.00. The van der Waals surface area contributed by atoms with E-state index in [1.807, 2.05) is 0 Å². The van der Waals surface area contributed by atoms with Crippen molar-refractivity contribution in [2.45, 2.75) is 6.42 Å². The van der Waals surface area contributed by atoms with E-state index in [9.17, 15) is 9.18 Å². The van der Waals surface area contributed by atoms with Gasteiger partial charge in [0.25, 0.3) is 5.56 Å². The van der Waals surface area contributed by atoms with Gasteiger partial charge in [-0.1, -0.05) is 12.1 Å². The topological polar surface area (TPSA) is 45.8 Å². The highest BCUT2D eigenvalue weighted by Crippen LogP contribution is 2.06. The average molecular weight is 204 g/mol. The van der Waals surface area contributed by atoms with Gasteiger partial charge in [0.15, 0.2) is 0 Å². The first-order valence-electron chi connectivity index (χ1n) is 4.53. The monoisotopic (exact) mass is 204 g/mol. The molecule has 3 nitrogen and oxygen atoms in total. The van der Waals surface area contributed by atoms with Gasteiger partial charge in [0, 0.05) is 18.7 Å². The standard InChI is InChI=1S/C11H9FN2O/c12-9-3-1-2-8(6-9)7-10-13-5-4-11(15)14-10/h1-6H,7H2,(H,13,14,15). The smallest absolute Gasteiger partial charge is 0.250 e. The van der Waals surface area contributed by atoms with E-state index in [1.54, 1.807) is 12.1 Å². The Hall–Kier alpha value is -1.97. The minimum Gasteiger partial charge on any atom is -0.310 e. The number of halogens is 1. The van der Waals surface area contributed by atoms with E-state index in [-0.39, 0.29) is 11.4 Å². The highest BCUT2D eigenvalue weighted by atomic mass is 19.1. The largest absolute Gasteiger partial charge is 0.310 e. The maximum absolute atomic E-state index is 12.9. The third-order valence-corrected chi connectivity index (χ3v) is 1.98. The van der Waals surface area contributed by atoms with E-state index in [4.69, 9.17) is 0 Å². The van der Waals surface area contributed by atoms with Crippen molar-refractivity contribution in [2.75, 3.05) is 0 Å². The summed E-state index contributed by atoms with van der Waals surface area (Å²) in [5.74, 6) is 0.249. The fourth-order valence-electron chi connectivity index (χ4n) is 1.34. The van der Waals surface area contributed by atoms with E-state index in [2.05, 4.69) is 9.97 Å². The van der Waals surface area contributed by atoms with Gasteiger partial charge in [0.1, 0.15) is 11.6 Å². The van der Waals surface area contributed by atoms with Gasteiger partial charge in [-0.25, -0.2) is 9.37 Å². The molecule has 4 heteroatoms. The van der Waals surface area contributed by atoms with E-state index < -0.39 is 0 Å². The Morgan fingerprint density at radius 3 is 2.93 bits per heavy atom. The van der Waals surface area contributed by atoms with Crippen LogP contribution in [0.15, 0.2) is 41.3 Å². The molecule has 0 saturated carbocycles. The summed E-state index contributed by atoms with van der Waals surface area (Å²) in [6.45, 7) is 0. The van der Waals surface area contributed by atoms with Gasteiger partial charge in [-0.05, 0) is 17.7 Å². The quantitative estimate of drug-likeness (QED) is 0.805. The molecule has 0 fully saturated rings. The molecule has 0 bridgehead atoms. The third-order valence-electron chi connectivity index (χ3n) is 1.98. The molecule has 0 radical (unpaired) electrons. The zero-order valence-corrected chi connectivity index (χ0v) is 7.90. The summed E-state index contributed by atoms with van der Waals surface area (Å²) < 4.78 is 12.9. The van der Waals surface area contributed by atoms with Crippen LogP contribution in [0.1, 0.15) is 11.4 Å². The van der Waals surface area contributed by atoms with Crippen LogP contribution in [-0.2, 0) is 6.42 Å². The summed E-state index contributed by atoms with van der Waals surface area (Å²) in [6.07, 6.45) is 1.86. The minimum absolute atomic E-state index is 0.198. The van der Waals surface area contributed by atoms with E-state index >= 15 is 0 Å². The molecule has 0 aliphatic rings. The highest BCUT2D eigenvalue weighted by molar-refractivity contribution is 5.19. The summed E-state index contributed by atoms with van der Waals surface area (Å²) >= 11 is 0. The molecule has 0 atom stereocenters. The molecular formula is C11H9FN2O. The number of nitrogens with zero attached hydrogens (tertiary/aromatic N) is 1. The van der Waals surface area contributed by atoms with Crippen LogP contribution in [0.5, 0.6) is 0 Å². The van der Waals surface area contributed by atoms with Gasteiger partial charge < -0.3 is 4.98 Å². The van der Waals surface area contributed by atoms with Crippen molar-refractivity contribution in [1.82, 2.24) is 9.97 Å². The average Bonchev–Trinajstić information content (AvgIpc) is 2.17. The number of aromatic nitrogens is 2. The van der Waals surface area contributed by atoms with Gasteiger partial charge in [0.2, 0.25) is 0 Å². The molecule has 1 aromatic carbocycles. The van der Waals surface area contributed by atoms with Gasteiger partial charge in [-0.3, -0.25) is 4.79 Å². The second kappa shape index (κ2) is 4.04. The Bertz CT molecular complexity index is 522. The van der Waals surface area contributed by atoms with Crippen LogP contribution in [0.25, 0.3) is 0 Å². The maximum atomic E-state index is 12.9. The first-order valence-corrected chi connectivity index (χ1v) is 4.53. The number of benzene rings is 1. The summed E-state index contributed by atoms with van der Waals surface area (Å²) in [5, 5.41) is 0. The minimum atomic E-state index is -0.286. The second-order valence-corrected chi connectivity index (χ2v) is 3.19. The summed E-state index contributed by atoms with van der Waals surface area (Å²) in [5.41, 5.74) is 0.584. The Labute approximate surface area is 85.6 Å². The van der Waals surface area contributed by atoms with Gasteiger partial charge >= 0.3 is 0 Å². The van der Waals surface area contributed by atoms with Crippen molar-refractivity contribution in [3.05, 3.63) is 64.1 Å². The molecule has 0 spiro atoms. The predicted octanol–water partition coefficient (Wildman–Crippen LogP) is 1.50. The first-order chi connectivity index (χ1) is 7.24. The van der Waals surface area contributed by atoms with Crippen LogP contribution in [0.2, 0.25) is 0 Å². The molecule has 0 aliphatic heterocycles. The Balaban J connectivity index is 2.26. The number of aromatic amines is 1. The number of H-pyrrole nitrogens is 1. The van der Waals surface area contributed by atoms with Crippen LogP contribution in [0.4, 0.5) is 4.39 Å². The van der Waals surface area contributed by atoms with E-state index in [1.165, 1.54) is 24.4 Å². The Morgan fingerprint density at radius 2 is 2.20 bits per heavy atom. The Morgan fingerprint density at radius 1 is 1.33 bits per heavy atom. The van der Waals surface area contributed by atoms with Crippen LogP contribution < -0.4 is 5.56 Å². The Kier molecular flexibility index (Phi) is 2.58. The molecule has 15 heavy (non-hydrogen) atoms. The van der Waals surface area contributed by atoms with Crippen molar-refractivity contribution in [3.63, 3.8) is 0 Å². The zero-order valence-electron chi connectivity index (χ0n) is 7.90. The number of nitrogens with one attached hydrogen (secondary N) is 1. The molecule has 1 aromatic heterocycles. The van der Waals surface area contributed by atoms with Gasteiger partial charge in [-0.2, -0.15) is 0 Å². The third kappa shape index (κ3) is 2.49. The molecule has 2 aromatic rings. The lowest BCUT2D eigenvalue weighted by Crippen LogP contribution is -2.09. The molecular weight excluding hydrogens is 195 g/mol. The van der Waals surface area contributed by atoms with Crippen LogP contribution >= 0.6 is 0 Å². The molecule has 1 heterocycles. The summed E-state index contributed by atoms with van der Waals surface area (Å²) in [7, 11) is 0. The molecule has 0 aliphatic carbocycles. The molecule has 76 valence electrons. The van der Waals surface area contributed by atoms with E-state index in [0.29, 0.717) is 12.2 Å². The molecule has 0 saturated heterocycles. The molecule has 2 rings (SSSR count). The first kappa shape index (κ1) is 9.58. The highest BCUT2D eigenvalue weighted by Gasteiger charge is 1.99. The van der Waals surface area contributed by atoms with Crippen LogP contribution in [-0.4, -0.2) is 9.97 Å². The van der Waals surface area contributed by atoms with Crippen molar-refractivity contribution < 1.29 is 4.39 Å². The van der Waals surface area contributed by atoms with Crippen molar-refractivity contribution in [1.29, 1.82) is 0 Å². The molecule has 1 N–H and O–H groups in total. The van der Waals surface area contributed by atoms with Crippen molar-refractivity contribution in [2.24, 2.45) is 0 Å². The molecule has 0 amide bonds. The second-order valence-electron chi connectivity index (χ2n) is 3.19. The SMILES string of the molecule is O=c1ccnc(Cc2cccc(F)c2)[nH]1. The van der Waals surface area contributed by atoms with Crippen molar-refractivity contribution in [3.8, 4) is 0 Å². The lowest BCUT2D eigenvalue weighted by atomic mass is 10.1. The number of rotatable bonds is 2.